The fraction of sp³-hybridized carbons (Fsp3) is 0.130. The van der Waals surface area contributed by atoms with Crippen LogP contribution >= 0.6 is 11.3 Å². The van der Waals surface area contributed by atoms with E-state index in [-0.39, 0.29) is 5.70 Å². The van der Waals surface area contributed by atoms with Crippen LogP contribution in [0.3, 0.4) is 0 Å². The molecule has 0 unspecified atom stereocenters. The van der Waals surface area contributed by atoms with Gasteiger partial charge in [-0.05, 0) is 48.2 Å². The van der Waals surface area contributed by atoms with Gasteiger partial charge in [-0.2, -0.15) is 0 Å². The maximum absolute atomic E-state index is 13.5. The summed E-state index contributed by atoms with van der Waals surface area (Å²) in [5.41, 5.74) is 2.54. The van der Waals surface area contributed by atoms with Gasteiger partial charge < -0.3 is 14.8 Å². The normalized spacial score (nSPS) is 13.8. The van der Waals surface area contributed by atoms with Gasteiger partial charge in [0.05, 0.1) is 25.5 Å². The number of carbonyl (C=O) groups is 2. The molecule has 0 spiro atoms. The Hall–Kier alpha value is -3.58. The topological polar surface area (TPSA) is 67.9 Å². The predicted molar refractivity (Wildman–Crippen MR) is 118 cm³/mol. The number of hydrogen-bond acceptors (Lipinski definition) is 6. The van der Waals surface area contributed by atoms with Crippen molar-refractivity contribution < 1.29 is 19.1 Å². The minimum atomic E-state index is -0.435. The average molecular weight is 420 g/mol. The third kappa shape index (κ3) is 3.44. The third-order valence-corrected chi connectivity index (χ3v) is 5.65. The smallest absolute Gasteiger partial charge is 0.282 e. The fourth-order valence-electron chi connectivity index (χ4n) is 3.33. The summed E-state index contributed by atoms with van der Waals surface area (Å²) in [4.78, 5) is 28.8. The van der Waals surface area contributed by atoms with E-state index in [1.165, 1.54) is 23.3 Å². The number of benzene rings is 2. The van der Waals surface area contributed by atoms with Gasteiger partial charge in [0.15, 0.2) is 0 Å². The third-order valence-electron chi connectivity index (χ3n) is 4.77. The second-order valence-corrected chi connectivity index (χ2v) is 7.65. The van der Waals surface area contributed by atoms with Crippen molar-refractivity contribution in [3.63, 3.8) is 0 Å². The van der Waals surface area contributed by atoms with Crippen LogP contribution in [0.2, 0.25) is 0 Å². The van der Waals surface area contributed by atoms with E-state index in [4.69, 9.17) is 9.47 Å². The second-order valence-electron chi connectivity index (χ2n) is 6.71. The van der Waals surface area contributed by atoms with Gasteiger partial charge in [0.2, 0.25) is 0 Å². The maximum atomic E-state index is 13.5. The van der Waals surface area contributed by atoms with Crippen LogP contribution in [-0.2, 0) is 9.59 Å². The van der Waals surface area contributed by atoms with Crippen LogP contribution in [0.5, 0.6) is 11.5 Å². The maximum Gasteiger partial charge on any atom is 0.282 e. The molecular formula is C23H20N2O4S. The average Bonchev–Trinajstić information content (AvgIpc) is 3.35. The number of anilines is 2. The largest absolute Gasteiger partial charge is 0.497 e. The van der Waals surface area contributed by atoms with Crippen LogP contribution in [0.4, 0.5) is 11.4 Å². The molecule has 1 aliphatic rings. The molecule has 30 heavy (non-hydrogen) atoms. The molecule has 0 saturated carbocycles. The summed E-state index contributed by atoms with van der Waals surface area (Å²) in [7, 11) is 3.09. The van der Waals surface area contributed by atoms with Gasteiger partial charge in [0.25, 0.3) is 11.8 Å². The highest BCUT2D eigenvalue weighted by Crippen LogP contribution is 2.39. The molecule has 4 rings (SSSR count). The van der Waals surface area contributed by atoms with Crippen molar-refractivity contribution >= 4 is 40.1 Å². The highest BCUT2D eigenvalue weighted by molar-refractivity contribution is 7.11. The van der Waals surface area contributed by atoms with Crippen LogP contribution in [0, 0.1) is 6.92 Å². The Morgan fingerprint density at radius 1 is 0.933 bits per heavy atom. The molecule has 7 heteroatoms. The van der Waals surface area contributed by atoms with E-state index >= 15 is 0 Å². The molecule has 1 N–H and O–H groups in total. The van der Waals surface area contributed by atoms with Gasteiger partial charge in [-0.1, -0.05) is 18.2 Å². The van der Waals surface area contributed by atoms with E-state index in [0.29, 0.717) is 33.3 Å². The summed E-state index contributed by atoms with van der Waals surface area (Å²) < 4.78 is 10.7. The molecule has 0 bridgehead atoms. The number of ether oxygens (including phenoxy) is 2. The van der Waals surface area contributed by atoms with Crippen LogP contribution in [-0.4, -0.2) is 26.0 Å². The van der Waals surface area contributed by atoms with Gasteiger partial charge >= 0.3 is 0 Å². The van der Waals surface area contributed by atoms with E-state index in [2.05, 4.69) is 5.32 Å². The monoisotopic (exact) mass is 420 g/mol. The summed E-state index contributed by atoms with van der Waals surface area (Å²) in [6.07, 6.45) is 0. The van der Waals surface area contributed by atoms with Crippen molar-refractivity contribution in [1.29, 1.82) is 0 Å². The van der Waals surface area contributed by atoms with E-state index in [9.17, 15) is 9.59 Å². The summed E-state index contributed by atoms with van der Waals surface area (Å²) in [5.74, 6) is 0.273. The Labute approximate surface area is 178 Å². The number of methoxy groups -OCH3 is 2. The van der Waals surface area contributed by atoms with Crippen molar-refractivity contribution in [1.82, 2.24) is 0 Å². The minimum Gasteiger partial charge on any atom is -0.497 e. The summed E-state index contributed by atoms with van der Waals surface area (Å²) in [6.45, 7) is 1.90. The van der Waals surface area contributed by atoms with E-state index in [1.54, 1.807) is 25.3 Å². The lowest BCUT2D eigenvalue weighted by Gasteiger charge is -2.19. The Morgan fingerprint density at radius 3 is 2.47 bits per heavy atom. The Kier molecular flexibility index (Phi) is 5.29. The highest BCUT2D eigenvalue weighted by Gasteiger charge is 2.41. The molecule has 1 aliphatic heterocycles. The molecule has 0 aliphatic carbocycles. The number of nitrogens with one attached hydrogen (secondary N) is 1. The predicted octanol–water partition coefficient (Wildman–Crippen LogP) is 4.47. The first-order valence-electron chi connectivity index (χ1n) is 9.26. The molecule has 6 nitrogen and oxygen atoms in total. The molecule has 2 amide bonds. The zero-order valence-electron chi connectivity index (χ0n) is 16.8. The standard InChI is InChI=1S/C23H20N2O4S/c1-14-9-10-18(29-3)17(12-14)25-22(26)20(19-8-5-11-30-19)21(23(25)27)24-15-6-4-7-16(13-15)28-2/h4-13,24H,1-3H3. The van der Waals surface area contributed by atoms with Crippen molar-refractivity contribution in [2.75, 3.05) is 24.4 Å². The van der Waals surface area contributed by atoms with Crippen LogP contribution in [0.15, 0.2) is 65.7 Å². The van der Waals surface area contributed by atoms with Gasteiger partial charge in [-0.25, -0.2) is 4.90 Å². The van der Waals surface area contributed by atoms with Gasteiger partial charge in [-0.15, -0.1) is 11.3 Å². The first-order valence-corrected chi connectivity index (χ1v) is 10.1. The van der Waals surface area contributed by atoms with Crippen molar-refractivity contribution in [3.05, 3.63) is 76.1 Å². The van der Waals surface area contributed by atoms with Crippen LogP contribution in [0.1, 0.15) is 10.4 Å². The zero-order valence-corrected chi connectivity index (χ0v) is 17.6. The van der Waals surface area contributed by atoms with E-state index in [0.717, 1.165) is 5.56 Å². The van der Waals surface area contributed by atoms with E-state index < -0.39 is 11.8 Å². The number of aryl methyl sites for hydroxylation is 1. The molecule has 2 heterocycles. The molecular weight excluding hydrogens is 400 g/mol. The van der Waals surface area contributed by atoms with Gasteiger partial charge in [-0.3, -0.25) is 9.59 Å². The lowest BCUT2D eigenvalue weighted by molar-refractivity contribution is -0.120. The Morgan fingerprint density at radius 2 is 1.77 bits per heavy atom. The minimum absolute atomic E-state index is 0.222. The number of nitrogens with zero attached hydrogens (tertiary/aromatic N) is 1. The molecule has 0 atom stereocenters. The van der Waals surface area contributed by atoms with E-state index in [1.807, 2.05) is 48.7 Å². The first-order chi connectivity index (χ1) is 14.5. The van der Waals surface area contributed by atoms with Crippen molar-refractivity contribution in [3.8, 4) is 11.5 Å². The molecule has 0 saturated heterocycles. The lowest BCUT2D eigenvalue weighted by atomic mass is 10.1. The number of hydrogen-bond donors (Lipinski definition) is 1. The molecule has 2 aromatic carbocycles. The summed E-state index contributed by atoms with van der Waals surface area (Å²) in [6, 6.07) is 16.3. The number of carbonyl (C=O) groups excluding carboxylic acids is 2. The van der Waals surface area contributed by atoms with Crippen LogP contribution < -0.4 is 19.7 Å². The van der Waals surface area contributed by atoms with Gasteiger partial charge in [0.1, 0.15) is 17.2 Å². The SMILES string of the molecule is COc1cccc(NC2=C(c3cccs3)C(=O)N(c3cc(C)ccc3OC)C2=O)c1. The van der Waals surface area contributed by atoms with Crippen molar-refractivity contribution in [2.45, 2.75) is 6.92 Å². The number of imide groups is 1. The zero-order chi connectivity index (χ0) is 21.3. The fourth-order valence-corrected chi connectivity index (χ4v) is 4.10. The molecule has 0 radical (unpaired) electrons. The molecule has 0 fully saturated rings. The molecule has 3 aromatic rings. The second kappa shape index (κ2) is 8.04. The van der Waals surface area contributed by atoms with Gasteiger partial charge in [0, 0.05) is 16.6 Å². The first kappa shape index (κ1) is 19.7. The highest BCUT2D eigenvalue weighted by atomic mass is 32.1. The van der Waals surface area contributed by atoms with Crippen molar-refractivity contribution in [2.24, 2.45) is 0 Å². The quantitative estimate of drug-likeness (QED) is 0.596. The number of rotatable bonds is 6. The number of thiophene rings is 1. The summed E-state index contributed by atoms with van der Waals surface area (Å²) in [5, 5.41) is 5.01. The Bertz CT molecular complexity index is 1150. The number of amides is 2. The molecule has 1 aromatic heterocycles. The lowest BCUT2D eigenvalue weighted by Crippen LogP contribution is -2.32. The summed E-state index contributed by atoms with van der Waals surface area (Å²) >= 11 is 1.40. The molecule has 152 valence electrons. The Balaban J connectivity index is 1.82. The van der Waals surface area contributed by atoms with Crippen LogP contribution in [0.25, 0.3) is 5.57 Å².